The number of carbonyl (C=O) groups excluding carboxylic acids is 2. The van der Waals surface area contributed by atoms with E-state index in [1.165, 1.54) is 0 Å². The Labute approximate surface area is 207 Å². The molecule has 0 aliphatic heterocycles. The van der Waals surface area contributed by atoms with E-state index in [9.17, 15) is 9.59 Å². The number of nitrogens with one attached hydrogen (secondary N) is 4. The normalized spacial score (nSPS) is 10.6. The second-order valence-electron chi connectivity index (χ2n) is 7.94. The van der Waals surface area contributed by atoms with Gasteiger partial charge < -0.3 is 35.5 Å². The van der Waals surface area contributed by atoms with Crippen LogP contribution in [-0.4, -0.2) is 64.8 Å². The number of carbonyl (C=O) groups is 2. The van der Waals surface area contributed by atoms with E-state index in [2.05, 4.69) is 21.3 Å². The Hall–Kier alpha value is -3.14. The Morgan fingerprint density at radius 3 is 1.37 bits per heavy atom. The Morgan fingerprint density at radius 1 is 0.600 bits per heavy atom. The van der Waals surface area contributed by atoms with Crippen molar-refractivity contribution < 1.29 is 23.8 Å². The number of benzene rings is 2. The van der Waals surface area contributed by atoms with Crippen molar-refractivity contribution in [2.75, 3.05) is 63.4 Å². The SMILES string of the molecule is Cc1ccccc1NC(=O)NCCCOCCOCCOCCCNC(=O)Nc1ccccc1C. The lowest BCUT2D eigenvalue weighted by atomic mass is 10.2. The monoisotopic (exact) mass is 486 g/mol. The summed E-state index contributed by atoms with van der Waals surface area (Å²) >= 11 is 0. The van der Waals surface area contributed by atoms with Gasteiger partial charge in [0.25, 0.3) is 0 Å². The van der Waals surface area contributed by atoms with Crippen LogP contribution in [0.2, 0.25) is 0 Å². The predicted molar refractivity (Wildman–Crippen MR) is 138 cm³/mol. The molecular weight excluding hydrogens is 448 g/mol. The molecule has 35 heavy (non-hydrogen) atoms. The molecule has 0 aromatic heterocycles. The summed E-state index contributed by atoms with van der Waals surface area (Å²) in [6, 6.07) is 14.8. The first-order chi connectivity index (χ1) is 17.1. The predicted octanol–water partition coefficient (Wildman–Crippen LogP) is 4.08. The first-order valence-corrected chi connectivity index (χ1v) is 12.0. The maximum Gasteiger partial charge on any atom is 0.319 e. The van der Waals surface area contributed by atoms with Crippen LogP contribution < -0.4 is 21.3 Å². The van der Waals surface area contributed by atoms with Crippen molar-refractivity contribution in [3.05, 3.63) is 59.7 Å². The van der Waals surface area contributed by atoms with Crippen LogP contribution in [0.5, 0.6) is 0 Å². The Morgan fingerprint density at radius 2 is 0.971 bits per heavy atom. The van der Waals surface area contributed by atoms with Crippen molar-refractivity contribution in [2.24, 2.45) is 0 Å². The summed E-state index contributed by atoms with van der Waals surface area (Å²) in [5.41, 5.74) is 3.65. The van der Waals surface area contributed by atoms with Gasteiger partial charge in [-0.15, -0.1) is 0 Å². The lowest BCUT2D eigenvalue weighted by Crippen LogP contribution is -2.30. The number of rotatable bonds is 16. The van der Waals surface area contributed by atoms with Gasteiger partial charge in [-0.05, 0) is 49.9 Å². The standard InChI is InChI=1S/C26H38N4O5/c1-21-9-3-5-11-23(21)29-25(31)27-13-7-15-33-17-19-35-20-18-34-16-8-14-28-26(32)30-24-12-6-4-10-22(24)2/h3-6,9-12H,7-8,13-20H2,1-2H3,(H2,27,29,31)(H2,28,30,32). The highest BCUT2D eigenvalue weighted by Gasteiger charge is 2.04. The molecule has 9 nitrogen and oxygen atoms in total. The van der Waals surface area contributed by atoms with Crippen LogP contribution in [0, 0.1) is 13.8 Å². The van der Waals surface area contributed by atoms with E-state index in [-0.39, 0.29) is 12.1 Å². The summed E-state index contributed by atoms with van der Waals surface area (Å²) in [7, 11) is 0. The summed E-state index contributed by atoms with van der Waals surface area (Å²) < 4.78 is 16.5. The van der Waals surface area contributed by atoms with Gasteiger partial charge in [0.05, 0.1) is 26.4 Å². The fourth-order valence-corrected chi connectivity index (χ4v) is 3.05. The smallest absolute Gasteiger partial charge is 0.319 e. The lowest BCUT2D eigenvalue weighted by molar-refractivity contribution is 0.0140. The molecule has 0 atom stereocenters. The average Bonchev–Trinajstić information content (AvgIpc) is 2.84. The number of anilines is 2. The molecular formula is C26H38N4O5. The Balaban J connectivity index is 1.32. The van der Waals surface area contributed by atoms with E-state index < -0.39 is 0 Å². The van der Waals surface area contributed by atoms with Crippen molar-refractivity contribution in [1.82, 2.24) is 10.6 Å². The van der Waals surface area contributed by atoms with Gasteiger partial charge in [0, 0.05) is 37.7 Å². The topological polar surface area (TPSA) is 110 Å². The van der Waals surface area contributed by atoms with Gasteiger partial charge in [0.15, 0.2) is 0 Å². The number of aryl methyl sites for hydroxylation is 2. The molecule has 9 heteroatoms. The zero-order chi connectivity index (χ0) is 25.1. The number of ether oxygens (including phenoxy) is 3. The van der Waals surface area contributed by atoms with E-state index in [1.807, 2.05) is 62.4 Å². The zero-order valence-corrected chi connectivity index (χ0v) is 20.7. The summed E-state index contributed by atoms with van der Waals surface area (Å²) in [5, 5.41) is 11.3. The molecule has 0 radical (unpaired) electrons. The van der Waals surface area contributed by atoms with E-state index in [0.717, 1.165) is 35.3 Å². The highest BCUT2D eigenvalue weighted by atomic mass is 16.5. The van der Waals surface area contributed by atoms with Crippen LogP contribution in [0.25, 0.3) is 0 Å². The summed E-state index contributed by atoms with van der Waals surface area (Å²) in [6.07, 6.45) is 1.45. The number of amides is 4. The minimum Gasteiger partial charge on any atom is -0.379 e. The molecule has 4 N–H and O–H groups in total. The molecule has 0 fully saturated rings. The third-order valence-corrected chi connectivity index (χ3v) is 5.03. The maximum absolute atomic E-state index is 11.9. The molecule has 0 aliphatic rings. The number of urea groups is 2. The average molecular weight is 487 g/mol. The molecule has 2 aromatic carbocycles. The molecule has 0 spiro atoms. The largest absolute Gasteiger partial charge is 0.379 e. The minimum atomic E-state index is -0.219. The van der Waals surface area contributed by atoms with Gasteiger partial charge in [-0.25, -0.2) is 9.59 Å². The lowest BCUT2D eigenvalue weighted by Gasteiger charge is -2.10. The highest BCUT2D eigenvalue weighted by molar-refractivity contribution is 5.90. The molecule has 0 saturated heterocycles. The van der Waals surface area contributed by atoms with E-state index in [4.69, 9.17) is 14.2 Å². The van der Waals surface area contributed by atoms with Gasteiger partial charge in [0.2, 0.25) is 0 Å². The molecule has 4 amide bonds. The van der Waals surface area contributed by atoms with Crippen LogP contribution in [0.3, 0.4) is 0 Å². The molecule has 2 aromatic rings. The quantitative estimate of drug-likeness (QED) is 0.267. The van der Waals surface area contributed by atoms with Crippen molar-refractivity contribution in [2.45, 2.75) is 26.7 Å². The molecule has 0 unspecified atom stereocenters. The van der Waals surface area contributed by atoms with Gasteiger partial charge in [-0.3, -0.25) is 0 Å². The maximum atomic E-state index is 11.9. The molecule has 2 rings (SSSR count). The van der Waals surface area contributed by atoms with Crippen molar-refractivity contribution >= 4 is 23.4 Å². The molecule has 0 saturated carbocycles. The van der Waals surface area contributed by atoms with Crippen molar-refractivity contribution in [3.8, 4) is 0 Å². The first kappa shape index (κ1) is 28.1. The Bertz CT molecular complexity index is 822. The fourth-order valence-electron chi connectivity index (χ4n) is 3.05. The van der Waals surface area contributed by atoms with E-state index in [1.54, 1.807) is 0 Å². The Kier molecular flexibility index (Phi) is 13.9. The summed E-state index contributed by atoms with van der Waals surface area (Å²) in [5.74, 6) is 0. The van der Waals surface area contributed by atoms with Crippen molar-refractivity contribution in [1.29, 1.82) is 0 Å². The second-order valence-corrected chi connectivity index (χ2v) is 7.94. The van der Waals surface area contributed by atoms with Crippen LogP contribution in [0.4, 0.5) is 21.0 Å². The molecule has 192 valence electrons. The number of para-hydroxylation sites is 2. The van der Waals surface area contributed by atoms with Crippen molar-refractivity contribution in [3.63, 3.8) is 0 Å². The van der Waals surface area contributed by atoms with Gasteiger partial charge >= 0.3 is 12.1 Å². The van der Waals surface area contributed by atoms with Crippen LogP contribution in [-0.2, 0) is 14.2 Å². The van der Waals surface area contributed by atoms with E-state index >= 15 is 0 Å². The molecule has 0 heterocycles. The zero-order valence-electron chi connectivity index (χ0n) is 20.7. The summed E-state index contributed by atoms with van der Waals surface area (Å²) in [4.78, 5) is 23.8. The van der Waals surface area contributed by atoms with Gasteiger partial charge in [-0.2, -0.15) is 0 Å². The third-order valence-electron chi connectivity index (χ3n) is 5.03. The molecule has 0 bridgehead atoms. The fraction of sp³-hybridized carbons (Fsp3) is 0.462. The van der Waals surface area contributed by atoms with Gasteiger partial charge in [0.1, 0.15) is 0 Å². The molecule has 0 aliphatic carbocycles. The van der Waals surface area contributed by atoms with Crippen LogP contribution >= 0.6 is 0 Å². The highest BCUT2D eigenvalue weighted by Crippen LogP contribution is 2.13. The van der Waals surface area contributed by atoms with Crippen LogP contribution in [0.1, 0.15) is 24.0 Å². The summed E-state index contributed by atoms with van der Waals surface area (Å²) in [6.45, 7) is 8.05. The minimum absolute atomic E-state index is 0.219. The third kappa shape index (κ3) is 12.8. The second kappa shape index (κ2) is 17.3. The van der Waals surface area contributed by atoms with Crippen LogP contribution in [0.15, 0.2) is 48.5 Å². The van der Waals surface area contributed by atoms with Gasteiger partial charge in [-0.1, -0.05) is 36.4 Å². The first-order valence-electron chi connectivity index (χ1n) is 12.0. The number of hydrogen-bond donors (Lipinski definition) is 4. The number of hydrogen-bond acceptors (Lipinski definition) is 5. The van der Waals surface area contributed by atoms with E-state index in [0.29, 0.717) is 52.7 Å².